The Morgan fingerprint density at radius 3 is 2.57 bits per heavy atom. The molecule has 14 heavy (non-hydrogen) atoms. The minimum absolute atomic E-state index is 0.244. The first-order chi connectivity index (χ1) is 6.72. The first-order valence-electron chi connectivity index (χ1n) is 5.63. The van der Waals surface area contributed by atoms with E-state index in [-0.39, 0.29) is 12.0 Å². The lowest BCUT2D eigenvalue weighted by Crippen LogP contribution is -2.51. The smallest absolute Gasteiger partial charge is 0.222 e. The highest BCUT2D eigenvalue weighted by Gasteiger charge is 2.29. The van der Waals surface area contributed by atoms with Crippen LogP contribution in [-0.2, 0) is 9.53 Å². The van der Waals surface area contributed by atoms with Gasteiger partial charge in [-0.25, -0.2) is 0 Å². The highest BCUT2D eigenvalue weighted by atomic mass is 16.5. The van der Waals surface area contributed by atoms with Crippen molar-refractivity contribution in [1.82, 2.24) is 4.90 Å². The number of hydrogen-bond acceptors (Lipinski definition) is 2. The van der Waals surface area contributed by atoms with Crippen molar-refractivity contribution in [1.29, 1.82) is 0 Å². The normalized spacial score (nSPS) is 27.8. The lowest BCUT2D eigenvalue weighted by atomic mass is 10.1. The van der Waals surface area contributed by atoms with E-state index in [2.05, 4.69) is 13.8 Å². The maximum Gasteiger partial charge on any atom is 0.222 e. The first-order valence-corrected chi connectivity index (χ1v) is 5.63. The molecule has 3 heteroatoms. The molecule has 3 nitrogen and oxygen atoms in total. The van der Waals surface area contributed by atoms with Gasteiger partial charge >= 0.3 is 0 Å². The number of amides is 1. The Labute approximate surface area is 86.4 Å². The number of hydrogen-bond donors (Lipinski definition) is 0. The van der Waals surface area contributed by atoms with Gasteiger partial charge in [0.25, 0.3) is 0 Å². The van der Waals surface area contributed by atoms with Gasteiger partial charge in [-0.15, -0.1) is 0 Å². The predicted octanol–water partition coefficient (Wildman–Crippen LogP) is 1.81. The second-order valence-corrected chi connectivity index (χ2v) is 3.83. The molecule has 0 saturated carbocycles. The fraction of sp³-hybridized carbons (Fsp3) is 0.909. The predicted molar refractivity (Wildman–Crippen MR) is 56.1 cm³/mol. The van der Waals surface area contributed by atoms with Gasteiger partial charge in [-0.3, -0.25) is 4.79 Å². The van der Waals surface area contributed by atoms with E-state index in [0.717, 1.165) is 19.4 Å². The molecule has 1 heterocycles. The van der Waals surface area contributed by atoms with Crippen molar-refractivity contribution >= 4 is 5.91 Å². The van der Waals surface area contributed by atoms with Gasteiger partial charge in [-0.05, 0) is 12.8 Å². The lowest BCUT2D eigenvalue weighted by Gasteiger charge is -2.39. The molecule has 82 valence electrons. The number of carbonyl (C=O) groups excluding carboxylic acids is 1. The van der Waals surface area contributed by atoms with Crippen LogP contribution in [0.1, 0.15) is 40.0 Å². The van der Waals surface area contributed by atoms with Crippen molar-refractivity contribution < 1.29 is 9.53 Å². The highest BCUT2D eigenvalue weighted by Crippen LogP contribution is 2.17. The Kier molecular flexibility index (Phi) is 4.39. The van der Waals surface area contributed by atoms with Gasteiger partial charge in [0.15, 0.2) is 0 Å². The van der Waals surface area contributed by atoms with E-state index in [9.17, 15) is 4.79 Å². The summed E-state index contributed by atoms with van der Waals surface area (Å²) < 4.78 is 5.66. The van der Waals surface area contributed by atoms with Crippen molar-refractivity contribution in [3.8, 4) is 0 Å². The van der Waals surface area contributed by atoms with Crippen LogP contribution in [0.25, 0.3) is 0 Å². The minimum atomic E-state index is 0.244. The maximum absolute atomic E-state index is 11.7. The van der Waals surface area contributed by atoms with Crippen LogP contribution in [0.5, 0.6) is 0 Å². The number of carbonyl (C=O) groups is 1. The van der Waals surface area contributed by atoms with Crippen LogP contribution >= 0.6 is 0 Å². The second kappa shape index (κ2) is 5.35. The molecule has 0 N–H and O–H groups in total. The monoisotopic (exact) mass is 199 g/mol. The standard InChI is InChI=1S/C11H21NO2/c1-4-9-8-14-10(5-2)7-12(9)11(13)6-3/h9-10H,4-8H2,1-3H3. The molecule has 1 amide bonds. The number of nitrogens with zero attached hydrogens (tertiary/aromatic N) is 1. The molecular formula is C11H21NO2. The van der Waals surface area contributed by atoms with Crippen LogP contribution in [0.3, 0.4) is 0 Å². The highest BCUT2D eigenvalue weighted by molar-refractivity contribution is 5.76. The molecule has 2 atom stereocenters. The fourth-order valence-electron chi connectivity index (χ4n) is 1.85. The van der Waals surface area contributed by atoms with Crippen LogP contribution in [0, 0.1) is 0 Å². The molecule has 1 saturated heterocycles. The number of rotatable bonds is 3. The van der Waals surface area contributed by atoms with Gasteiger partial charge in [0.2, 0.25) is 5.91 Å². The van der Waals surface area contributed by atoms with Gasteiger partial charge in [0, 0.05) is 13.0 Å². The summed E-state index contributed by atoms with van der Waals surface area (Å²) in [5.74, 6) is 0.263. The summed E-state index contributed by atoms with van der Waals surface area (Å²) in [5.41, 5.74) is 0. The summed E-state index contributed by atoms with van der Waals surface area (Å²) in [6.45, 7) is 7.62. The van der Waals surface area contributed by atoms with Crippen LogP contribution < -0.4 is 0 Å². The second-order valence-electron chi connectivity index (χ2n) is 3.83. The lowest BCUT2D eigenvalue weighted by molar-refractivity contribution is -0.145. The fourth-order valence-corrected chi connectivity index (χ4v) is 1.85. The molecule has 0 aromatic rings. The Hall–Kier alpha value is -0.570. The molecule has 1 fully saturated rings. The third kappa shape index (κ3) is 2.47. The maximum atomic E-state index is 11.7. The Morgan fingerprint density at radius 1 is 1.36 bits per heavy atom. The molecule has 0 aromatic heterocycles. The van der Waals surface area contributed by atoms with Crippen molar-refractivity contribution in [2.45, 2.75) is 52.2 Å². The molecule has 1 rings (SSSR count). The van der Waals surface area contributed by atoms with Gasteiger partial charge in [-0.2, -0.15) is 0 Å². The van der Waals surface area contributed by atoms with Gasteiger partial charge < -0.3 is 9.64 Å². The van der Waals surface area contributed by atoms with E-state index < -0.39 is 0 Å². The molecule has 1 aliphatic rings. The third-order valence-corrected chi connectivity index (χ3v) is 2.91. The molecule has 1 aliphatic heterocycles. The zero-order valence-electron chi connectivity index (χ0n) is 9.45. The van der Waals surface area contributed by atoms with E-state index in [4.69, 9.17) is 4.74 Å². The van der Waals surface area contributed by atoms with Crippen molar-refractivity contribution in [3.05, 3.63) is 0 Å². The van der Waals surface area contributed by atoms with E-state index in [1.807, 2.05) is 11.8 Å². The Morgan fingerprint density at radius 2 is 2.07 bits per heavy atom. The summed E-state index contributed by atoms with van der Waals surface area (Å²) >= 11 is 0. The van der Waals surface area contributed by atoms with Crippen LogP contribution in [0.15, 0.2) is 0 Å². The summed E-state index contributed by atoms with van der Waals surface area (Å²) in [4.78, 5) is 13.7. The topological polar surface area (TPSA) is 29.5 Å². The third-order valence-electron chi connectivity index (χ3n) is 2.91. The first kappa shape index (κ1) is 11.5. The van der Waals surface area contributed by atoms with E-state index in [0.29, 0.717) is 19.1 Å². The van der Waals surface area contributed by atoms with Crippen molar-refractivity contribution in [2.75, 3.05) is 13.2 Å². The van der Waals surface area contributed by atoms with E-state index in [1.165, 1.54) is 0 Å². The average Bonchev–Trinajstić information content (AvgIpc) is 2.27. The SMILES string of the molecule is CCC(=O)N1CC(CC)OCC1CC. The summed E-state index contributed by atoms with van der Waals surface area (Å²) in [6, 6.07) is 0.297. The van der Waals surface area contributed by atoms with Crippen molar-refractivity contribution in [2.24, 2.45) is 0 Å². The summed E-state index contributed by atoms with van der Waals surface area (Å²) in [5, 5.41) is 0. The summed E-state index contributed by atoms with van der Waals surface area (Å²) in [6.07, 6.45) is 2.83. The zero-order valence-corrected chi connectivity index (χ0v) is 9.45. The zero-order chi connectivity index (χ0) is 10.6. The number of ether oxygens (including phenoxy) is 1. The van der Waals surface area contributed by atoms with E-state index in [1.54, 1.807) is 0 Å². The van der Waals surface area contributed by atoms with E-state index >= 15 is 0 Å². The van der Waals surface area contributed by atoms with Gasteiger partial charge in [0.05, 0.1) is 18.8 Å². The molecule has 0 radical (unpaired) electrons. The largest absolute Gasteiger partial charge is 0.374 e. The molecule has 0 aromatic carbocycles. The van der Waals surface area contributed by atoms with Gasteiger partial charge in [-0.1, -0.05) is 20.8 Å². The molecular weight excluding hydrogens is 178 g/mol. The Balaban J connectivity index is 2.60. The van der Waals surface area contributed by atoms with Crippen molar-refractivity contribution in [3.63, 3.8) is 0 Å². The molecule has 0 aliphatic carbocycles. The average molecular weight is 199 g/mol. The number of morpholine rings is 1. The van der Waals surface area contributed by atoms with Crippen LogP contribution in [0.4, 0.5) is 0 Å². The molecule has 0 spiro atoms. The van der Waals surface area contributed by atoms with Crippen LogP contribution in [-0.4, -0.2) is 36.1 Å². The summed E-state index contributed by atoms with van der Waals surface area (Å²) in [7, 11) is 0. The Bertz CT molecular complexity index is 194. The molecule has 0 bridgehead atoms. The minimum Gasteiger partial charge on any atom is -0.374 e. The quantitative estimate of drug-likeness (QED) is 0.694. The van der Waals surface area contributed by atoms with Gasteiger partial charge in [0.1, 0.15) is 0 Å². The molecule has 2 unspecified atom stereocenters. The van der Waals surface area contributed by atoms with Crippen LogP contribution in [0.2, 0.25) is 0 Å².